The van der Waals surface area contributed by atoms with Crippen LogP contribution < -0.4 is 0 Å². The molecule has 0 N–H and O–H groups in total. The Morgan fingerprint density at radius 2 is 2.64 bits per heavy atom. The van der Waals surface area contributed by atoms with Gasteiger partial charge in [-0.2, -0.15) is 0 Å². The average molecular weight is 171 g/mol. The first-order valence-corrected chi connectivity index (χ1v) is 4.02. The Kier molecular flexibility index (Phi) is 3.24. The van der Waals surface area contributed by atoms with Gasteiger partial charge in [-0.25, -0.2) is 0 Å². The van der Waals surface area contributed by atoms with Crippen LogP contribution in [0.4, 0.5) is 0 Å². The maximum atomic E-state index is 5.86. The van der Waals surface area contributed by atoms with E-state index in [0.29, 0.717) is 6.61 Å². The summed E-state index contributed by atoms with van der Waals surface area (Å²) in [5.74, 6) is 0.844. The van der Waals surface area contributed by atoms with Crippen LogP contribution in [0.25, 0.3) is 0 Å². The van der Waals surface area contributed by atoms with Crippen LogP contribution in [0, 0.1) is 0 Å². The second-order valence-corrected chi connectivity index (χ2v) is 2.88. The van der Waals surface area contributed by atoms with E-state index < -0.39 is 0 Å². The third-order valence-electron chi connectivity index (χ3n) is 1.36. The number of allylic oxidation sites excluding steroid dienone is 3. The van der Waals surface area contributed by atoms with Gasteiger partial charge in [0.1, 0.15) is 12.4 Å². The highest BCUT2D eigenvalue weighted by atomic mass is 35.5. The van der Waals surface area contributed by atoms with E-state index in [1.807, 2.05) is 18.2 Å². The molecule has 0 amide bonds. The summed E-state index contributed by atoms with van der Waals surface area (Å²) in [6, 6.07) is 0. The van der Waals surface area contributed by atoms with Gasteiger partial charge in [0.2, 0.25) is 0 Å². The average Bonchev–Trinajstić information content (AvgIpc) is 2.01. The van der Waals surface area contributed by atoms with Gasteiger partial charge in [-0.05, 0) is 18.6 Å². The van der Waals surface area contributed by atoms with Crippen molar-refractivity contribution in [1.82, 2.24) is 0 Å². The topological polar surface area (TPSA) is 9.23 Å². The van der Waals surface area contributed by atoms with Crippen LogP contribution in [0.1, 0.15) is 6.42 Å². The van der Waals surface area contributed by atoms with Crippen LogP contribution in [0.5, 0.6) is 0 Å². The molecule has 0 aliphatic heterocycles. The standard InChI is InChI=1S/C9H11ClO/c1-2-6-11-9-5-3-4-8(10)7-9/h2-3,5,7-8H,1,4,6H2. The third kappa shape index (κ3) is 2.81. The minimum Gasteiger partial charge on any atom is -0.490 e. The second kappa shape index (κ2) is 4.24. The quantitative estimate of drug-likeness (QED) is 0.468. The number of hydrogen-bond donors (Lipinski definition) is 0. The molecule has 1 aliphatic rings. The maximum Gasteiger partial charge on any atom is 0.116 e. The summed E-state index contributed by atoms with van der Waals surface area (Å²) in [5, 5.41) is 0.0832. The van der Waals surface area contributed by atoms with Gasteiger partial charge in [-0.1, -0.05) is 18.7 Å². The lowest BCUT2D eigenvalue weighted by molar-refractivity contribution is 0.259. The van der Waals surface area contributed by atoms with E-state index in [1.54, 1.807) is 6.08 Å². The number of alkyl halides is 1. The van der Waals surface area contributed by atoms with Gasteiger partial charge < -0.3 is 4.74 Å². The second-order valence-electron chi connectivity index (χ2n) is 2.32. The Bertz CT molecular complexity index is 194. The lowest BCUT2D eigenvalue weighted by atomic mass is 10.2. The summed E-state index contributed by atoms with van der Waals surface area (Å²) in [7, 11) is 0. The van der Waals surface area contributed by atoms with Gasteiger partial charge in [-0.15, -0.1) is 11.6 Å². The lowest BCUT2D eigenvalue weighted by Crippen LogP contribution is -2.00. The summed E-state index contributed by atoms with van der Waals surface area (Å²) < 4.78 is 5.27. The summed E-state index contributed by atoms with van der Waals surface area (Å²) in [5.41, 5.74) is 0. The highest BCUT2D eigenvalue weighted by Crippen LogP contribution is 2.15. The van der Waals surface area contributed by atoms with Crippen LogP contribution in [0.3, 0.4) is 0 Å². The van der Waals surface area contributed by atoms with Gasteiger partial charge in [-0.3, -0.25) is 0 Å². The molecule has 0 radical (unpaired) electrons. The van der Waals surface area contributed by atoms with Gasteiger partial charge in [0, 0.05) is 0 Å². The molecule has 60 valence electrons. The predicted octanol–water partition coefficient (Wildman–Crippen LogP) is 2.64. The van der Waals surface area contributed by atoms with E-state index in [2.05, 4.69) is 6.58 Å². The van der Waals surface area contributed by atoms with Crippen molar-refractivity contribution in [2.75, 3.05) is 6.61 Å². The molecule has 0 fully saturated rings. The Labute approximate surface area is 72.0 Å². The van der Waals surface area contributed by atoms with Crippen LogP contribution in [-0.2, 0) is 4.74 Å². The fourth-order valence-electron chi connectivity index (χ4n) is 0.867. The van der Waals surface area contributed by atoms with Gasteiger partial charge >= 0.3 is 0 Å². The van der Waals surface area contributed by atoms with E-state index in [9.17, 15) is 0 Å². The van der Waals surface area contributed by atoms with E-state index >= 15 is 0 Å². The smallest absolute Gasteiger partial charge is 0.116 e. The van der Waals surface area contributed by atoms with Crippen molar-refractivity contribution in [3.05, 3.63) is 36.6 Å². The minimum atomic E-state index is 0.0832. The third-order valence-corrected chi connectivity index (χ3v) is 1.66. The Balaban J connectivity index is 2.43. The zero-order valence-corrected chi connectivity index (χ0v) is 7.05. The fraction of sp³-hybridized carbons (Fsp3) is 0.333. The van der Waals surface area contributed by atoms with Crippen molar-refractivity contribution >= 4 is 11.6 Å². The van der Waals surface area contributed by atoms with Crippen molar-refractivity contribution in [3.63, 3.8) is 0 Å². The molecule has 1 aliphatic carbocycles. The molecule has 1 rings (SSSR count). The molecule has 0 bridgehead atoms. The normalized spacial score (nSPS) is 22.6. The molecule has 11 heavy (non-hydrogen) atoms. The van der Waals surface area contributed by atoms with Crippen LogP contribution in [0.2, 0.25) is 0 Å². The highest BCUT2D eigenvalue weighted by molar-refractivity contribution is 6.22. The molecule has 0 heterocycles. The molecule has 0 aromatic carbocycles. The Morgan fingerprint density at radius 3 is 3.27 bits per heavy atom. The number of hydrogen-bond acceptors (Lipinski definition) is 1. The van der Waals surface area contributed by atoms with Crippen molar-refractivity contribution < 1.29 is 4.74 Å². The molecule has 0 aromatic heterocycles. The highest BCUT2D eigenvalue weighted by Gasteiger charge is 2.05. The first kappa shape index (κ1) is 8.41. The van der Waals surface area contributed by atoms with Crippen molar-refractivity contribution in [2.45, 2.75) is 11.8 Å². The van der Waals surface area contributed by atoms with Crippen LogP contribution in [0.15, 0.2) is 36.6 Å². The lowest BCUT2D eigenvalue weighted by Gasteiger charge is -2.10. The molecule has 1 atom stereocenters. The monoisotopic (exact) mass is 170 g/mol. The molecular formula is C9H11ClO. The molecule has 0 saturated carbocycles. The maximum absolute atomic E-state index is 5.86. The number of rotatable bonds is 3. The molecule has 0 saturated heterocycles. The summed E-state index contributed by atoms with van der Waals surface area (Å²) in [6.07, 6.45) is 8.46. The Morgan fingerprint density at radius 1 is 1.82 bits per heavy atom. The number of ether oxygens (including phenoxy) is 1. The van der Waals surface area contributed by atoms with Crippen molar-refractivity contribution in [2.24, 2.45) is 0 Å². The van der Waals surface area contributed by atoms with E-state index in [4.69, 9.17) is 16.3 Å². The van der Waals surface area contributed by atoms with E-state index in [-0.39, 0.29) is 5.38 Å². The van der Waals surface area contributed by atoms with Crippen LogP contribution >= 0.6 is 11.6 Å². The number of halogens is 1. The zero-order chi connectivity index (χ0) is 8.10. The molecule has 1 nitrogen and oxygen atoms in total. The molecule has 0 spiro atoms. The van der Waals surface area contributed by atoms with E-state index in [0.717, 1.165) is 12.2 Å². The first-order chi connectivity index (χ1) is 5.33. The van der Waals surface area contributed by atoms with E-state index in [1.165, 1.54) is 0 Å². The summed E-state index contributed by atoms with van der Waals surface area (Å²) in [4.78, 5) is 0. The molecule has 0 aromatic rings. The molecule has 1 unspecified atom stereocenters. The van der Waals surface area contributed by atoms with Gasteiger partial charge in [0.05, 0.1) is 5.38 Å². The van der Waals surface area contributed by atoms with Gasteiger partial charge in [0.15, 0.2) is 0 Å². The first-order valence-electron chi connectivity index (χ1n) is 3.59. The van der Waals surface area contributed by atoms with Crippen molar-refractivity contribution in [1.29, 1.82) is 0 Å². The van der Waals surface area contributed by atoms with Crippen LogP contribution in [-0.4, -0.2) is 12.0 Å². The SMILES string of the molecule is C=CCOC1=CC(Cl)CC=C1. The molecule has 2 heteroatoms. The summed E-state index contributed by atoms with van der Waals surface area (Å²) in [6.45, 7) is 4.10. The minimum absolute atomic E-state index is 0.0832. The largest absolute Gasteiger partial charge is 0.490 e. The van der Waals surface area contributed by atoms with Gasteiger partial charge in [0.25, 0.3) is 0 Å². The zero-order valence-electron chi connectivity index (χ0n) is 6.29. The Hall–Kier alpha value is -0.690. The fourth-order valence-corrected chi connectivity index (χ4v) is 1.09. The van der Waals surface area contributed by atoms with Crippen molar-refractivity contribution in [3.8, 4) is 0 Å². The summed E-state index contributed by atoms with van der Waals surface area (Å²) >= 11 is 5.86. The predicted molar refractivity (Wildman–Crippen MR) is 47.6 cm³/mol. The molecular weight excluding hydrogens is 160 g/mol.